The van der Waals surface area contributed by atoms with Crippen molar-refractivity contribution in [2.75, 3.05) is 25.5 Å². The third-order valence-corrected chi connectivity index (χ3v) is 7.14. The minimum absolute atomic E-state index is 0.0341. The van der Waals surface area contributed by atoms with Crippen LogP contribution in [0.1, 0.15) is 42.4 Å². The van der Waals surface area contributed by atoms with Crippen molar-refractivity contribution in [1.82, 2.24) is 20.5 Å². The highest BCUT2D eigenvalue weighted by Crippen LogP contribution is 2.46. The van der Waals surface area contributed by atoms with Crippen molar-refractivity contribution in [3.8, 4) is 11.5 Å². The second-order valence-corrected chi connectivity index (χ2v) is 9.67. The van der Waals surface area contributed by atoms with E-state index in [9.17, 15) is 19.2 Å². The number of hydrogen-bond donors (Lipinski definition) is 3. The number of aromatic nitrogens is 1. The highest BCUT2D eigenvalue weighted by atomic mass is 16.5. The smallest absolute Gasteiger partial charge is 0.320 e. The number of hydrogen-bond acceptors (Lipinski definition) is 7. The molecule has 0 saturated heterocycles. The minimum atomic E-state index is -1.39. The van der Waals surface area contributed by atoms with Crippen LogP contribution in [0.4, 0.5) is 10.6 Å². The van der Waals surface area contributed by atoms with E-state index in [1.165, 1.54) is 7.11 Å². The molecule has 38 heavy (non-hydrogen) atoms. The lowest BCUT2D eigenvalue weighted by molar-refractivity contribution is -0.146. The summed E-state index contributed by atoms with van der Waals surface area (Å²) in [6.07, 6.45) is 1.21. The Morgan fingerprint density at radius 1 is 1.29 bits per heavy atom. The van der Waals surface area contributed by atoms with Crippen LogP contribution in [-0.2, 0) is 22.6 Å². The molecule has 4 rings (SSSR count). The molecule has 11 heteroatoms. The number of imide groups is 1. The molecule has 2 unspecified atom stereocenters. The number of carbonyl (C=O) groups is 4. The summed E-state index contributed by atoms with van der Waals surface area (Å²) in [5.74, 6) is -0.190. The Morgan fingerprint density at radius 2 is 2.05 bits per heavy atom. The fourth-order valence-corrected chi connectivity index (χ4v) is 4.76. The average molecular weight is 522 g/mol. The minimum Gasteiger partial charge on any atom is -0.497 e. The van der Waals surface area contributed by atoms with Crippen LogP contribution in [0.3, 0.4) is 0 Å². The van der Waals surface area contributed by atoms with Crippen LogP contribution in [0.2, 0.25) is 0 Å². The predicted molar refractivity (Wildman–Crippen MR) is 139 cm³/mol. The first-order valence-corrected chi connectivity index (χ1v) is 12.2. The van der Waals surface area contributed by atoms with E-state index in [1.807, 2.05) is 6.07 Å². The van der Waals surface area contributed by atoms with E-state index >= 15 is 0 Å². The third kappa shape index (κ3) is 4.79. The number of fused-ring (bicyclic) bond motifs is 2. The van der Waals surface area contributed by atoms with Gasteiger partial charge >= 0.3 is 6.03 Å². The summed E-state index contributed by atoms with van der Waals surface area (Å²) in [5.41, 5.74) is -0.731. The van der Waals surface area contributed by atoms with Gasteiger partial charge in [-0.2, -0.15) is 0 Å². The van der Waals surface area contributed by atoms with Gasteiger partial charge < -0.3 is 19.7 Å². The molecule has 11 nitrogen and oxygen atoms in total. The Hall–Kier alpha value is -4.41. The Bertz CT molecular complexity index is 1330. The molecule has 0 radical (unpaired) electrons. The maximum absolute atomic E-state index is 13.6. The molecule has 3 N–H and O–H groups in total. The molecule has 0 bridgehead atoms. The Morgan fingerprint density at radius 3 is 2.74 bits per heavy atom. The topological polar surface area (TPSA) is 139 Å². The number of anilines is 1. The molecule has 0 spiro atoms. The van der Waals surface area contributed by atoms with Crippen LogP contribution in [0.5, 0.6) is 11.5 Å². The molecular weight excluding hydrogens is 490 g/mol. The summed E-state index contributed by atoms with van der Waals surface area (Å²) >= 11 is 0. The number of carbonyl (C=O) groups excluding carboxylic acids is 4. The van der Waals surface area contributed by atoms with E-state index in [2.05, 4.69) is 27.5 Å². The first kappa shape index (κ1) is 26.6. The van der Waals surface area contributed by atoms with E-state index in [4.69, 9.17) is 9.47 Å². The quantitative estimate of drug-likeness (QED) is 0.454. The standard InChI is InChI=1S/C27H31N5O6/c1-6-22(33)31-24(35)26(3,15-32-14-16-8-9-17(37-5)12-18(16)23(32)34)27(4)13-19-20(38-27)10-11-21(29-19)30-25(36)28-7-2/h6,8-12H,1,7,13-15H2,2-5H3,(H,31,33,35)(H2,28,29,30,36). The van der Waals surface area contributed by atoms with Gasteiger partial charge in [-0.25, -0.2) is 9.78 Å². The van der Waals surface area contributed by atoms with E-state index in [1.54, 1.807) is 49.9 Å². The third-order valence-electron chi connectivity index (χ3n) is 7.14. The van der Waals surface area contributed by atoms with E-state index < -0.39 is 28.9 Å². The van der Waals surface area contributed by atoms with Crippen molar-refractivity contribution in [2.24, 2.45) is 5.41 Å². The first-order chi connectivity index (χ1) is 18.0. The summed E-state index contributed by atoms with van der Waals surface area (Å²) < 4.78 is 11.6. The summed E-state index contributed by atoms with van der Waals surface area (Å²) in [4.78, 5) is 57.1. The second-order valence-electron chi connectivity index (χ2n) is 9.67. The van der Waals surface area contributed by atoms with Crippen LogP contribution < -0.4 is 25.4 Å². The van der Waals surface area contributed by atoms with Crippen LogP contribution in [-0.4, -0.2) is 59.4 Å². The molecule has 3 heterocycles. The Labute approximate surface area is 220 Å². The zero-order chi connectivity index (χ0) is 27.7. The molecule has 1 aromatic carbocycles. The summed E-state index contributed by atoms with van der Waals surface area (Å²) in [5, 5.41) is 7.66. The zero-order valence-electron chi connectivity index (χ0n) is 21.8. The van der Waals surface area contributed by atoms with Crippen molar-refractivity contribution in [3.05, 3.63) is 59.8 Å². The van der Waals surface area contributed by atoms with Gasteiger partial charge in [-0.1, -0.05) is 12.6 Å². The number of pyridine rings is 1. The SMILES string of the molecule is C=CC(=O)NC(=O)C(C)(CN1Cc2ccc(OC)cc2C1=O)C1(C)Cc2nc(NC(=O)NCC)ccc2O1. The normalized spacial score (nSPS) is 18.9. The molecule has 200 valence electrons. The van der Waals surface area contributed by atoms with Gasteiger partial charge in [0.25, 0.3) is 5.91 Å². The van der Waals surface area contributed by atoms with Crippen molar-refractivity contribution >= 4 is 29.6 Å². The number of nitrogens with zero attached hydrogens (tertiary/aromatic N) is 2. The molecule has 1 aromatic heterocycles. The fourth-order valence-electron chi connectivity index (χ4n) is 4.76. The van der Waals surface area contributed by atoms with Crippen LogP contribution in [0.15, 0.2) is 43.0 Å². The van der Waals surface area contributed by atoms with Gasteiger partial charge in [-0.05, 0) is 56.7 Å². The van der Waals surface area contributed by atoms with Crippen molar-refractivity contribution in [1.29, 1.82) is 0 Å². The van der Waals surface area contributed by atoms with E-state index in [-0.39, 0.29) is 18.9 Å². The lowest BCUT2D eigenvalue weighted by atomic mass is 9.71. The number of methoxy groups -OCH3 is 1. The first-order valence-electron chi connectivity index (χ1n) is 12.2. The maximum Gasteiger partial charge on any atom is 0.320 e. The largest absolute Gasteiger partial charge is 0.497 e. The average Bonchev–Trinajstić information content (AvgIpc) is 3.39. The number of benzene rings is 1. The van der Waals surface area contributed by atoms with Gasteiger partial charge in [0.1, 0.15) is 28.3 Å². The fraction of sp³-hybridized carbons (Fsp3) is 0.370. The Kier molecular flexibility index (Phi) is 7.12. The van der Waals surface area contributed by atoms with Crippen molar-refractivity contribution in [3.63, 3.8) is 0 Å². The maximum atomic E-state index is 13.6. The molecule has 0 fully saturated rings. The highest BCUT2D eigenvalue weighted by Gasteiger charge is 2.57. The molecule has 5 amide bonds. The van der Waals surface area contributed by atoms with Gasteiger partial charge in [-0.3, -0.25) is 25.0 Å². The lowest BCUT2D eigenvalue weighted by Crippen LogP contribution is -2.61. The van der Waals surface area contributed by atoms with Crippen molar-refractivity contribution < 1.29 is 28.7 Å². The number of urea groups is 1. The van der Waals surface area contributed by atoms with E-state index in [0.29, 0.717) is 41.7 Å². The number of rotatable bonds is 8. The molecule has 2 aliphatic heterocycles. The van der Waals surface area contributed by atoms with Crippen LogP contribution in [0.25, 0.3) is 0 Å². The van der Waals surface area contributed by atoms with Crippen LogP contribution in [0, 0.1) is 5.41 Å². The predicted octanol–water partition coefficient (Wildman–Crippen LogP) is 2.42. The van der Waals surface area contributed by atoms with Gasteiger partial charge in [-0.15, -0.1) is 0 Å². The van der Waals surface area contributed by atoms with Gasteiger partial charge in [0.05, 0.1) is 12.8 Å². The van der Waals surface area contributed by atoms with E-state index in [0.717, 1.165) is 11.6 Å². The van der Waals surface area contributed by atoms with Crippen molar-refractivity contribution in [2.45, 2.75) is 39.3 Å². The summed E-state index contributed by atoms with van der Waals surface area (Å²) in [6.45, 7) is 9.36. The molecule has 2 aliphatic rings. The molecule has 0 saturated carbocycles. The van der Waals surface area contributed by atoms with Crippen LogP contribution >= 0.6 is 0 Å². The zero-order valence-corrected chi connectivity index (χ0v) is 21.8. The summed E-state index contributed by atoms with van der Waals surface area (Å²) in [6, 6.07) is 8.16. The number of nitrogens with one attached hydrogen (secondary N) is 3. The monoisotopic (exact) mass is 521 g/mol. The molecule has 2 aromatic rings. The van der Waals surface area contributed by atoms with Gasteiger partial charge in [0, 0.05) is 31.6 Å². The Balaban J connectivity index is 1.64. The lowest BCUT2D eigenvalue weighted by Gasteiger charge is -2.43. The number of ether oxygens (including phenoxy) is 2. The summed E-state index contributed by atoms with van der Waals surface area (Å²) in [7, 11) is 1.53. The highest BCUT2D eigenvalue weighted by molar-refractivity contribution is 6.04. The molecule has 2 atom stereocenters. The van der Waals surface area contributed by atoms with Gasteiger partial charge in [0.2, 0.25) is 11.8 Å². The van der Waals surface area contributed by atoms with Gasteiger partial charge in [0.15, 0.2) is 0 Å². The molecular formula is C27H31N5O6. The molecule has 0 aliphatic carbocycles. The number of amides is 5. The second kappa shape index (κ2) is 10.2.